The average molecular weight is 327 g/mol. The van der Waals surface area contributed by atoms with E-state index in [1.807, 2.05) is 6.92 Å². The van der Waals surface area contributed by atoms with E-state index in [0.29, 0.717) is 0 Å². The zero-order valence-electron chi connectivity index (χ0n) is 11.1. The molecular weight excluding hydrogens is 311 g/mol. The number of halogens is 3. The van der Waals surface area contributed by atoms with E-state index in [-0.39, 0.29) is 35.0 Å². The highest BCUT2D eigenvalue weighted by atomic mass is 32.2. The van der Waals surface area contributed by atoms with Crippen molar-refractivity contribution in [1.29, 1.82) is 0 Å². The van der Waals surface area contributed by atoms with Gasteiger partial charge in [-0.3, -0.25) is 0 Å². The van der Waals surface area contributed by atoms with Crippen LogP contribution < -0.4 is 5.32 Å². The van der Waals surface area contributed by atoms with Crippen molar-refractivity contribution in [3.63, 3.8) is 0 Å². The molecule has 0 aliphatic carbocycles. The summed E-state index contributed by atoms with van der Waals surface area (Å²) in [5.41, 5.74) is -3.38. The van der Waals surface area contributed by atoms with Crippen molar-refractivity contribution < 1.29 is 21.6 Å². The summed E-state index contributed by atoms with van der Waals surface area (Å²) in [6.07, 6.45) is 1.12. The summed E-state index contributed by atoms with van der Waals surface area (Å²) < 4.78 is 58.4. The third-order valence-electron chi connectivity index (χ3n) is 2.63. The lowest BCUT2D eigenvalue weighted by Gasteiger charge is -2.15. The van der Waals surface area contributed by atoms with Crippen LogP contribution in [-0.4, -0.2) is 32.5 Å². The van der Waals surface area contributed by atoms with Crippen LogP contribution in [0.2, 0.25) is 0 Å². The fourth-order valence-electron chi connectivity index (χ4n) is 1.56. The molecule has 0 saturated carbocycles. The molecule has 0 aromatic heterocycles. The number of sulfone groups is 1. The molecule has 0 fully saturated rings. The predicted molar refractivity (Wildman–Crippen MR) is 74.5 cm³/mol. The number of rotatable bonds is 6. The molecule has 1 unspecified atom stereocenters. The van der Waals surface area contributed by atoms with Gasteiger partial charge in [0.1, 0.15) is 0 Å². The molecule has 0 spiro atoms. The second kappa shape index (κ2) is 6.82. The maximum atomic E-state index is 11.9. The van der Waals surface area contributed by atoms with Crippen LogP contribution in [0.3, 0.4) is 0 Å². The van der Waals surface area contributed by atoms with Crippen molar-refractivity contribution in [2.75, 3.05) is 18.6 Å². The molecule has 1 aromatic carbocycles. The van der Waals surface area contributed by atoms with Gasteiger partial charge in [0, 0.05) is 24.6 Å². The number of alkyl halides is 3. The largest absolute Gasteiger partial charge is 0.441 e. The van der Waals surface area contributed by atoms with Crippen LogP contribution in [0.1, 0.15) is 18.5 Å². The first kappa shape index (κ1) is 17.3. The molecule has 1 N–H and O–H groups in total. The highest BCUT2D eigenvalue weighted by Gasteiger charge is 2.27. The third kappa shape index (κ3) is 6.15. The molecule has 0 aliphatic heterocycles. The first-order chi connectivity index (χ1) is 9.09. The van der Waals surface area contributed by atoms with Crippen molar-refractivity contribution in [1.82, 2.24) is 5.32 Å². The topological polar surface area (TPSA) is 46.2 Å². The lowest BCUT2D eigenvalue weighted by atomic mass is 10.1. The van der Waals surface area contributed by atoms with Gasteiger partial charge in [-0.25, -0.2) is 8.42 Å². The van der Waals surface area contributed by atoms with Crippen molar-refractivity contribution in [2.45, 2.75) is 23.4 Å². The quantitative estimate of drug-likeness (QED) is 0.816. The van der Waals surface area contributed by atoms with Gasteiger partial charge in [0.25, 0.3) is 0 Å². The van der Waals surface area contributed by atoms with E-state index < -0.39 is 15.3 Å². The van der Waals surface area contributed by atoms with Gasteiger partial charge in [0.15, 0.2) is 9.84 Å². The molecule has 0 aliphatic rings. The summed E-state index contributed by atoms with van der Waals surface area (Å²) in [5, 5.41) is 2.96. The van der Waals surface area contributed by atoms with Crippen molar-refractivity contribution in [2.24, 2.45) is 0 Å². The van der Waals surface area contributed by atoms with Crippen LogP contribution in [0.5, 0.6) is 0 Å². The first-order valence-electron chi connectivity index (χ1n) is 5.84. The standard InChI is InChI=1S/C12H16F3NO2S2/c1-9(16-7-8-19-12(13,14)15)10-3-5-11(6-4-10)20(2,17)18/h3-6,9,16H,7-8H2,1-2H3. The van der Waals surface area contributed by atoms with Gasteiger partial charge in [-0.05, 0) is 36.4 Å². The summed E-state index contributed by atoms with van der Waals surface area (Å²) >= 11 is -0.0652. The molecule has 8 heteroatoms. The van der Waals surface area contributed by atoms with E-state index in [4.69, 9.17) is 0 Å². The summed E-state index contributed by atoms with van der Waals surface area (Å²) in [5.74, 6) is -0.0603. The molecule has 0 bridgehead atoms. The molecule has 20 heavy (non-hydrogen) atoms. The van der Waals surface area contributed by atoms with Crippen LogP contribution in [0.4, 0.5) is 13.2 Å². The molecule has 114 valence electrons. The molecule has 1 rings (SSSR count). The van der Waals surface area contributed by atoms with Crippen molar-refractivity contribution in [3.05, 3.63) is 29.8 Å². The SMILES string of the molecule is CC(NCCSC(F)(F)F)c1ccc(S(C)(=O)=O)cc1. The minimum atomic E-state index is -4.21. The minimum absolute atomic E-state index is 0.0603. The lowest BCUT2D eigenvalue weighted by molar-refractivity contribution is -0.0327. The minimum Gasteiger partial charge on any atom is -0.309 e. The highest BCUT2D eigenvalue weighted by Crippen LogP contribution is 2.29. The van der Waals surface area contributed by atoms with E-state index in [2.05, 4.69) is 5.32 Å². The monoisotopic (exact) mass is 327 g/mol. The molecule has 0 amide bonds. The smallest absolute Gasteiger partial charge is 0.309 e. The van der Waals surface area contributed by atoms with E-state index in [1.54, 1.807) is 12.1 Å². The van der Waals surface area contributed by atoms with Gasteiger partial charge >= 0.3 is 5.51 Å². The molecule has 0 radical (unpaired) electrons. The van der Waals surface area contributed by atoms with Crippen LogP contribution >= 0.6 is 11.8 Å². The van der Waals surface area contributed by atoms with Crippen LogP contribution in [0.15, 0.2) is 29.2 Å². The summed E-state index contributed by atoms with van der Waals surface area (Å²) in [4.78, 5) is 0.223. The fourth-order valence-corrected chi connectivity index (χ4v) is 2.65. The van der Waals surface area contributed by atoms with Crippen molar-refractivity contribution >= 4 is 21.6 Å². The molecule has 1 aromatic rings. The zero-order chi connectivity index (χ0) is 15.4. The summed E-state index contributed by atoms with van der Waals surface area (Å²) in [6, 6.07) is 6.16. The Labute approximate surface area is 120 Å². The van der Waals surface area contributed by atoms with Crippen LogP contribution in [0, 0.1) is 0 Å². The molecule has 3 nitrogen and oxygen atoms in total. The molecule has 0 saturated heterocycles. The summed E-state index contributed by atoms with van der Waals surface area (Å²) in [6.45, 7) is 2.03. The fraction of sp³-hybridized carbons (Fsp3) is 0.500. The second-order valence-electron chi connectivity index (χ2n) is 4.31. The number of nitrogens with one attached hydrogen (secondary N) is 1. The Morgan fingerprint density at radius 3 is 2.25 bits per heavy atom. The first-order valence-corrected chi connectivity index (χ1v) is 8.71. The predicted octanol–water partition coefficient (Wildman–Crippen LogP) is 2.99. The molecule has 1 atom stereocenters. The van der Waals surface area contributed by atoms with Crippen LogP contribution in [-0.2, 0) is 9.84 Å². The maximum absolute atomic E-state index is 11.9. The van der Waals surface area contributed by atoms with E-state index in [0.717, 1.165) is 11.8 Å². The van der Waals surface area contributed by atoms with E-state index >= 15 is 0 Å². The van der Waals surface area contributed by atoms with Gasteiger partial charge in [0.05, 0.1) is 4.90 Å². The Morgan fingerprint density at radius 1 is 1.25 bits per heavy atom. The van der Waals surface area contributed by atoms with Gasteiger partial charge in [0.2, 0.25) is 0 Å². The number of hydrogen-bond donors (Lipinski definition) is 1. The Morgan fingerprint density at radius 2 is 1.80 bits per heavy atom. The Kier molecular flexibility index (Phi) is 5.91. The number of thioether (sulfide) groups is 1. The number of hydrogen-bond acceptors (Lipinski definition) is 4. The third-order valence-corrected chi connectivity index (χ3v) is 4.49. The van der Waals surface area contributed by atoms with Gasteiger partial charge in [-0.15, -0.1) is 0 Å². The van der Waals surface area contributed by atoms with Gasteiger partial charge < -0.3 is 5.32 Å². The van der Waals surface area contributed by atoms with E-state index in [9.17, 15) is 21.6 Å². The Balaban J connectivity index is 2.50. The second-order valence-corrected chi connectivity index (χ2v) is 7.49. The molecular formula is C12H16F3NO2S2. The van der Waals surface area contributed by atoms with Gasteiger partial charge in [-0.1, -0.05) is 12.1 Å². The van der Waals surface area contributed by atoms with Crippen LogP contribution in [0.25, 0.3) is 0 Å². The zero-order valence-corrected chi connectivity index (χ0v) is 12.7. The highest BCUT2D eigenvalue weighted by molar-refractivity contribution is 8.00. The summed E-state index contributed by atoms with van der Waals surface area (Å²) in [7, 11) is -3.23. The van der Waals surface area contributed by atoms with Gasteiger partial charge in [-0.2, -0.15) is 13.2 Å². The maximum Gasteiger partial charge on any atom is 0.441 e. The van der Waals surface area contributed by atoms with Crippen molar-refractivity contribution in [3.8, 4) is 0 Å². The molecule has 0 heterocycles. The number of benzene rings is 1. The lowest BCUT2D eigenvalue weighted by Crippen LogP contribution is -2.22. The average Bonchev–Trinajstić information content (AvgIpc) is 2.32. The Bertz CT molecular complexity index is 527. The normalized spacial score (nSPS) is 14.2. The van der Waals surface area contributed by atoms with E-state index in [1.165, 1.54) is 12.1 Å². The Hall–Kier alpha value is -0.730.